The van der Waals surface area contributed by atoms with E-state index >= 15 is 0 Å². The number of methoxy groups -OCH3 is 1. The Morgan fingerprint density at radius 2 is 2.48 bits per heavy atom. The van der Waals surface area contributed by atoms with E-state index in [1.54, 1.807) is 7.11 Å². The number of hydrogen-bond acceptors (Lipinski definition) is 6. The second kappa shape index (κ2) is 7.67. The number of nitrogens with zero attached hydrogens (tertiary/aromatic N) is 3. The molecule has 1 fully saturated rings. The molecule has 1 saturated heterocycles. The zero-order valence-electron chi connectivity index (χ0n) is 11.9. The van der Waals surface area contributed by atoms with Gasteiger partial charge in [0.25, 0.3) is 5.69 Å². The Morgan fingerprint density at radius 3 is 3.05 bits per heavy atom. The Labute approximate surface area is 132 Å². The Balaban J connectivity index is 2.16. The second-order valence-electron chi connectivity index (χ2n) is 4.99. The number of nitrogens with one attached hydrogen (secondary N) is 1. The van der Waals surface area contributed by atoms with Crippen molar-refractivity contribution < 1.29 is 9.66 Å². The molecular formula is C13H19BrN4O3. The highest BCUT2D eigenvalue weighted by Gasteiger charge is 2.21. The van der Waals surface area contributed by atoms with E-state index in [2.05, 4.69) is 31.1 Å². The fourth-order valence-electron chi connectivity index (χ4n) is 2.42. The third-order valence-electron chi connectivity index (χ3n) is 3.49. The van der Waals surface area contributed by atoms with Gasteiger partial charge in [-0.15, -0.1) is 0 Å². The average Bonchev–Trinajstić information content (AvgIpc) is 2.96. The smallest absolute Gasteiger partial charge is 0.288 e. The highest BCUT2D eigenvalue weighted by Crippen LogP contribution is 2.28. The Morgan fingerprint density at radius 1 is 1.67 bits per heavy atom. The van der Waals surface area contributed by atoms with Crippen molar-refractivity contribution in [2.24, 2.45) is 0 Å². The quantitative estimate of drug-likeness (QED) is 0.592. The van der Waals surface area contributed by atoms with Crippen LogP contribution in [-0.4, -0.2) is 49.3 Å². The maximum Gasteiger partial charge on any atom is 0.288 e. The summed E-state index contributed by atoms with van der Waals surface area (Å²) in [6, 6.07) is 1.91. The van der Waals surface area contributed by atoms with Crippen molar-refractivity contribution >= 4 is 27.4 Å². The van der Waals surface area contributed by atoms with Gasteiger partial charge in [-0.25, -0.2) is 4.98 Å². The van der Waals surface area contributed by atoms with Crippen LogP contribution in [0.15, 0.2) is 16.7 Å². The zero-order chi connectivity index (χ0) is 15.2. The van der Waals surface area contributed by atoms with Crippen molar-refractivity contribution in [2.75, 3.05) is 38.3 Å². The number of aromatic nitrogens is 1. The summed E-state index contributed by atoms with van der Waals surface area (Å²) in [5, 5.41) is 14.2. The minimum absolute atomic E-state index is 0.0173. The molecule has 0 saturated carbocycles. The summed E-state index contributed by atoms with van der Waals surface area (Å²) < 4.78 is 5.78. The molecule has 1 aromatic heterocycles. The number of anilines is 1. The molecule has 2 heterocycles. The lowest BCUT2D eigenvalue weighted by molar-refractivity contribution is -0.385. The minimum Gasteiger partial charge on any atom is -0.383 e. The first-order valence-corrected chi connectivity index (χ1v) is 7.68. The van der Waals surface area contributed by atoms with Gasteiger partial charge < -0.3 is 15.0 Å². The summed E-state index contributed by atoms with van der Waals surface area (Å²) in [5.74, 6) is 0.714. The highest BCUT2D eigenvalue weighted by atomic mass is 79.9. The van der Waals surface area contributed by atoms with Crippen molar-refractivity contribution in [3.8, 4) is 0 Å². The maximum absolute atomic E-state index is 10.8. The molecule has 0 aliphatic carbocycles. The normalized spacial score (nSPS) is 17.9. The zero-order valence-corrected chi connectivity index (χ0v) is 13.5. The number of pyridine rings is 1. The number of ether oxygens (including phenoxy) is 1. The maximum atomic E-state index is 10.8. The first-order chi connectivity index (χ1) is 10.1. The number of halogens is 1. The summed E-state index contributed by atoms with van der Waals surface area (Å²) in [5.41, 5.74) is -0.0173. The highest BCUT2D eigenvalue weighted by molar-refractivity contribution is 9.10. The van der Waals surface area contributed by atoms with Crippen LogP contribution in [0.1, 0.15) is 12.8 Å². The molecule has 1 unspecified atom stereocenters. The second-order valence-corrected chi connectivity index (χ2v) is 5.84. The lowest BCUT2D eigenvalue weighted by Crippen LogP contribution is -2.39. The van der Waals surface area contributed by atoms with Gasteiger partial charge in [0.2, 0.25) is 0 Å². The van der Waals surface area contributed by atoms with Gasteiger partial charge in [0.15, 0.2) is 0 Å². The Hall–Kier alpha value is -1.25. The molecule has 0 spiro atoms. The fraction of sp³-hybridized carbons (Fsp3) is 0.615. The first-order valence-electron chi connectivity index (χ1n) is 6.89. The molecule has 7 nitrogen and oxygen atoms in total. The van der Waals surface area contributed by atoms with Crippen molar-refractivity contribution in [3.05, 3.63) is 26.9 Å². The molecule has 2 rings (SSSR count). The summed E-state index contributed by atoms with van der Waals surface area (Å²) in [6.07, 6.45) is 3.60. The molecule has 1 aliphatic rings. The third-order valence-corrected chi connectivity index (χ3v) is 4.07. The number of nitro groups is 1. The van der Waals surface area contributed by atoms with Gasteiger partial charge in [-0.05, 0) is 35.3 Å². The van der Waals surface area contributed by atoms with Crippen LogP contribution in [0.2, 0.25) is 0 Å². The van der Waals surface area contributed by atoms with Crippen LogP contribution >= 0.6 is 15.9 Å². The lowest BCUT2D eigenvalue weighted by Gasteiger charge is -2.27. The van der Waals surface area contributed by atoms with Crippen LogP contribution < -0.4 is 10.2 Å². The number of hydrogen-bond donors (Lipinski definition) is 1. The van der Waals surface area contributed by atoms with Crippen molar-refractivity contribution in [1.82, 2.24) is 10.3 Å². The minimum atomic E-state index is -0.445. The topological polar surface area (TPSA) is 80.5 Å². The van der Waals surface area contributed by atoms with Gasteiger partial charge in [-0.2, -0.15) is 0 Å². The summed E-state index contributed by atoms with van der Waals surface area (Å²) >= 11 is 3.39. The van der Waals surface area contributed by atoms with Crippen molar-refractivity contribution in [3.63, 3.8) is 0 Å². The first kappa shape index (κ1) is 16.1. The summed E-state index contributed by atoms with van der Waals surface area (Å²) in [6.45, 7) is 3.13. The van der Waals surface area contributed by atoms with Gasteiger partial charge >= 0.3 is 0 Å². The Kier molecular flexibility index (Phi) is 5.89. The van der Waals surface area contributed by atoms with Gasteiger partial charge in [-0.1, -0.05) is 0 Å². The molecule has 0 bridgehead atoms. The van der Waals surface area contributed by atoms with E-state index < -0.39 is 4.92 Å². The molecule has 0 amide bonds. The molecule has 1 atom stereocenters. The predicted molar refractivity (Wildman–Crippen MR) is 83.7 cm³/mol. The summed E-state index contributed by atoms with van der Waals surface area (Å²) in [4.78, 5) is 16.7. The largest absolute Gasteiger partial charge is 0.383 e. The van der Waals surface area contributed by atoms with Crippen molar-refractivity contribution in [2.45, 2.75) is 18.9 Å². The van der Waals surface area contributed by atoms with E-state index in [1.807, 2.05) is 0 Å². The van der Waals surface area contributed by atoms with E-state index in [0.29, 0.717) is 29.5 Å². The van der Waals surface area contributed by atoms with Gasteiger partial charge in [-0.3, -0.25) is 10.1 Å². The molecule has 1 aromatic rings. The van der Waals surface area contributed by atoms with E-state index in [4.69, 9.17) is 4.74 Å². The average molecular weight is 359 g/mol. The van der Waals surface area contributed by atoms with E-state index in [-0.39, 0.29) is 5.69 Å². The van der Waals surface area contributed by atoms with Crippen LogP contribution in [-0.2, 0) is 4.74 Å². The molecule has 1 aliphatic heterocycles. The fourth-order valence-corrected chi connectivity index (χ4v) is 3.00. The predicted octanol–water partition coefficient (Wildman–Crippen LogP) is 1.96. The van der Waals surface area contributed by atoms with Crippen molar-refractivity contribution in [1.29, 1.82) is 0 Å². The molecule has 1 N–H and O–H groups in total. The van der Waals surface area contributed by atoms with Crippen LogP contribution in [0.25, 0.3) is 0 Å². The molecular weight excluding hydrogens is 340 g/mol. The molecule has 21 heavy (non-hydrogen) atoms. The van der Waals surface area contributed by atoms with E-state index in [1.165, 1.54) is 18.7 Å². The lowest BCUT2D eigenvalue weighted by atomic mass is 10.2. The molecule has 116 valence electrons. The monoisotopic (exact) mass is 358 g/mol. The van der Waals surface area contributed by atoms with Gasteiger partial charge in [0, 0.05) is 32.3 Å². The number of rotatable bonds is 7. The molecule has 0 aromatic carbocycles. The molecule has 8 heteroatoms. The van der Waals surface area contributed by atoms with Crippen LogP contribution in [0.5, 0.6) is 0 Å². The van der Waals surface area contributed by atoms with E-state index in [9.17, 15) is 10.1 Å². The SMILES string of the molecule is COCCN(CC1CCCN1)c1ncc([N+](=O)[O-])cc1Br. The van der Waals surface area contributed by atoms with Gasteiger partial charge in [0.1, 0.15) is 12.0 Å². The summed E-state index contributed by atoms with van der Waals surface area (Å²) in [7, 11) is 1.66. The standard InChI is InChI=1S/C13H19BrN4O3/c1-21-6-5-17(9-10-3-2-4-15-10)13-12(14)7-11(8-16-13)18(19)20/h7-8,10,15H,2-6,9H2,1H3. The molecule has 0 radical (unpaired) electrons. The van der Waals surface area contributed by atoms with Crippen LogP contribution in [0.3, 0.4) is 0 Å². The van der Waals surface area contributed by atoms with E-state index in [0.717, 1.165) is 19.5 Å². The third kappa shape index (κ3) is 4.36. The van der Waals surface area contributed by atoms with Gasteiger partial charge in [0.05, 0.1) is 16.0 Å². The Bertz CT molecular complexity index is 494. The van der Waals surface area contributed by atoms with Crippen LogP contribution in [0, 0.1) is 10.1 Å². The van der Waals surface area contributed by atoms with Crippen LogP contribution in [0.4, 0.5) is 11.5 Å².